The summed E-state index contributed by atoms with van der Waals surface area (Å²) in [5.41, 5.74) is 3.81. The smallest absolute Gasteiger partial charge is 0.246 e. The minimum atomic E-state index is -0.394. The van der Waals surface area contributed by atoms with Crippen molar-refractivity contribution >= 4 is 23.6 Å². The van der Waals surface area contributed by atoms with Crippen LogP contribution in [-0.4, -0.2) is 55.1 Å². The third-order valence-electron chi connectivity index (χ3n) is 6.37. The van der Waals surface area contributed by atoms with E-state index < -0.39 is 6.04 Å². The van der Waals surface area contributed by atoms with Crippen LogP contribution in [0.4, 0.5) is 0 Å². The molecule has 2 fully saturated rings. The quantitative estimate of drug-likeness (QED) is 0.596. The molecule has 7 heteroatoms. The Bertz CT molecular complexity index is 1150. The van der Waals surface area contributed by atoms with E-state index in [4.69, 9.17) is 5.10 Å². The maximum Gasteiger partial charge on any atom is 0.246 e. The van der Waals surface area contributed by atoms with Crippen LogP contribution in [0.1, 0.15) is 25.3 Å². The zero-order valence-electron chi connectivity index (χ0n) is 18.3. The Morgan fingerprint density at radius 1 is 1.16 bits per heavy atom. The molecule has 32 heavy (non-hydrogen) atoms. The fourth-order valence-corrected chi connectivity index (χ4v) is 6.09. The van der Waals surface area contributed by atoms with Crippen LogP contribution in [0.3, 0.4) is 0 Å². The Balaban J connectivity index is 1.43. The van der Waals surface area contributed by atoms with E-state index in [1.807, 2.05) is 83.5 Å². The topological polar surface area (TPSA) is 58.4 Å². The Morgan fingerprint density at radius 3 is 2.56 bits per heavy atom. The summed E-state index contributed by atoms with van der Waals surface area (Å²) in [6.45, 7) is 2.50. The molecule has 2 aliphatic heterocycles. The molecule has 0 saturated carbocycles. The van der Waals surface area contributed by atoms with Gasteiger partial charge in [0.1, 0.15) is 6.04 Å². The first-order valence-corrected chi connectivity index (χ1v) is 11.9. The van der Waals surface area contributed by atoms with Crippen molar-refractivity contribution in [2.75, 3.05) is 12.8 Å². The molecule has 164 valence electrons. The molecule has 0 N–H and O–H groups in total. The molecule has 1 aromatic heterocycles. The van der Waals surface area contributed by atoms with E-state index in [1.54, 1.807) is 16.7 Å². The van der Waals surface area contributed by atoms with Crippen LogP contribution in [-0.2, 0) is 16.1 Å². The third-order valence-corrected chi connectivity index (χ3v) is 7.88. The first kappa shape index (κ1) is 20.8. The molecule has 2 unspecified atom stereocenters. The first-order valence-electron chi connectivity index (χ1n) is 10.9. The van der Waals surface area contributed by atoms with Crippen LogP contribution in [0.15, 0.2) is 66.9 Å². The van der Waals surface area contributed by atoms with Crippen molar-refractivity contribution in [1.29, 1.82) is 0 Å². The molecule has 2 amide bonds. The molecule has 6 nitrogen and oxygen atoms in total. The van der Waals surface area contributed by atoms with Gasteiger partial charge < -0.3 is 9.80 Å². The van der Waals surface area contributed by atoms with E-state index in [1.165, 1.54) is 0 Å². The fourth-order valence-electron chi connectivity index (χ4n) is 4.67. The van der Waals surface area contributed by atoms with E-state index in [9.17, 15) is 9.59 Å². The van der Waals surface area contributed by atoms with Crippen molar-refractivity contribution in [3.8, 4) is 16.9 Å². The van der Waals surface area contributed by atoms with Crippen molar-refractivity contribution in [3.63, 3.8) is 0 Å². The number of carbonyl (C=O) groups is 2. The van der Waals surface area contributed by atoms with Crippen molar-refractivity contribution in [1.82, 2.24) is 19.6 Å². The monoisotopic (exact) mass is 446 g/mol. The predicted molar refractivity (Wildman–Crippen MR) is 126 cm³/mol. The highest BCUT2D eigenvalue weighted by Gasteiger charge is 2.53. The molecule has 3 heterocycles. The third kappa shape index (κ3) is 3.60. The number of para-hydroxylation sites is 1. The van der Waals surface area contributed by atoms with E-state index in [0.29, 0.717) is 18.7 Å². The van der Waals surface area contributed by atoms with Gasteiger partial charge in [-0.25, -0.2) is 4.68 Å². The van der Waals surface area contributed by atoms with Gasteiger partial charge in [0, 0.05) is 43.1 Å². The van der Waals surface area contributed by atoms with E-state index >= 15 is 0 Å². The van der Waals surface area contributed by atoms with Crippen molar-refractivity contribution in [3.05, 3.63) is 72.4 Å². The molecule has 2 atom stereocenters. The van der Waals surface area contributed by atoms with Gasteiger partial charge in [-0.15, -0.1) is 11.8 Å². The molecular weight excluding hydrogens is 420 g/mol. The summed E-state index contributed by atoms with van der Waals surface area (Å²) >= 11 is 1.72. The molecule has 0 bridgehead atoms. The number of amides is 2. The van der Waals surface area contributed by atoms with Crippen molar-refractivity contribution < 1.29 is 9.59 Å². The lowest BCUT2D eigenvalue weighted by molar-refractivity contribution is -0.143. The number of nitrogens with zero attached hydrogens (tertiary/aromatic N) is 4. The second-order valence-electron chi connectivity index (χ2n) is 8.61. The number of thioether (sulfide) groups is 1. The molecule has 2 aliphatic rings. The molecule has 0 radical (unpaired) electrons. The van der Waals surface area contributed by atoms with Crippen molar-refractivity contribution in [2.45, 2.75) is 37.2 Å². The van der Waals surface area contributed by atoms with E-state index in [2.05, 4.69) is 6.92 Å². The molecule has 0 aliphatic carbocycles. The highest BCUT2D eigenvalue weighted by molar-refractivity contribution is 8.01. The zero-order valence-corrected chi connectivity index (χ0v) is 19.1. The number of hydrogen-bond acceptors (Lipinski definition) is 4. The molecule has 3 aromatic rings. The number of rotatable bonds is 5. The maximum atomic E-state index is 13.4. The number of carbonyl (C=O) groups excluding carboxylic acids is 2. The van der Waals surface area contributed by atoms with Crippen molar-refractivity contribution in [2.24, 2.45) is 0 Å². The zero-order chi connectivity index (χ0) is 22.3. The summed E-state index contributed by atoms with van der Waals surface area (Å²) in [6.07, 6.45) is 3.33. The largest absolute Gasteiger partial charge is 0.339 e. The lowest BCUT2D eigenvalue weighted by atomic mass is 10.1. The minimum absolute atomic E-state index is 0.0112. The lowest BCUT2D eigenvalue weighted by Crippen LogP contribution is -2.50. The second-order valence-corrected chi connectivity index (χ2v) is 10.1. The van der Waals surface area contributed by atoms with Crippen LogP contribution in [0.25, 0.3) is 16.9 Å². The maximum absolute atomic E-state index is 13.4. The summed E-state index contributed by atoms with van der Waals surface area (Å²) in [4.78, 5) is 29.2. The van der Waals surface area contributed by atoms with Crippen LogP contribution < -0.4 is 0 Å². The normalized spacial score (nSPS) is 22.2. The van der Waals surface area contributed by atoms with Gasteiger partial charge in [-0.2, -0.15) is 5.10 Å². The van der Waals surface area contributed by atoms with Gasteiger partial charge in [0.15, 0.2) is 0 Å². The van der Waals surface area contributed by atoms with Gasteiger partial charge in [-0.1, -0.05) is 48.5 Å². The average molecular weight is 447 g/mol. The molecule has 0 spiro atoms. The molecule has 2 aromatic carbocycles. The Hall–Kier alpha value is -3.06. The second kappa shape index (κ2) is 8.13. The number of fused-ring (bicyclic) bond motifs is 1. The summed E-state index contributed by atoms with van der Waals surface area (Å²) in [6, 6.07) is 19.6. The molecule has 2 saturated heterocycles. The summed E-state index contributed by atoms with van der Waals surface area (Å²) < 4.78 is 1.86. The highest BCUT2D eigenvalue weighted by Crippen LogP contribution is 2.47. The van der Waals surface area contributed by atoms with Gasteiger partial charge in [0.05, 0.1) is 16.3 Å². The minimum Gasteiger partial charge on any atom is -0.339 e. The van der Waals surface area contributed by atoms with Gasteiger partial charge in [-0.05, 0) is 25.5 Å². The van der Waals surface area contributed by atoms with Crippen LogP contribution in [0, 0.1) is 0 Å². The Labute approximate surface area is 192 Å². The van der Waals surface area contributed by atoms with Gasteiger partial charge >= 0.3 is 0 Å². The van der Waals surface area contributed by atoms with Gasteiger partial charge in [0.2, 0.25) is 11.8 Å². The number of benzene rings is 2. The predicted octanol–water partition coefficient (Wildman–Crippen LogP) is 3.95. The molecule has 5 rings (SSSR count). The average Bonchev–Trinajstić information content (AvgIpc) is 3.48. The van der Waals surface area contributed by atoms with Crippen LogP contribution in [0.2, 0.25) is 0 Å². The Kier molecular flexibility index (Phi) is 5.29. The highest BCUT2D eigenvalue weighted by atomic mass is 32.2. The standard InChI is InChI=1S/C25H26N4O2S/c1-25-14-13-22(30)29(25)21(17-32-25)24(31)27(2)15-19-16-28(20-11-7-4-8-12-20)26-23(19)18-9-5-3-6-10-18/h3-12,16,21H,13-15,17H2,1-2H3. The summed E-state index contributed by atoms with van der Waals surface area (Å²) in [5.74, 6) is 0.731. The lowest BCUT2D eigenvalue weighted by Gasteiger charge is -2.31. The summed E-state index contributed by atoms with van der Waals surface area (Å²) in [7, 11) is 1.82. The Morgan fingerprint density at radius 2 is 1.84 bits per heavy atom. The SMILES string of the molecule is CN(Cc1cn(-c2ccccc2)nc1-c1ccccc1)C(=O)C1CSC2(C)CCC(=O)N12. The number of likely N-dealkylation sites (N-methyl/N-ethyl adjacent to an activating group) is 1. The number of aromatic nitrogens is 2. The fraction of sp³-hybridized carbons (Fsp3) is 0.320. The van der Waals surface area contributed by atoms with Crippen LogP contribution >= 0.6 is 11.8 Å². The van der Waals surface area contributed by atoms with E-state index in [-0.39, 0.29) is 16.7 Å². The van der Waals surface area contributed by atoms with E-state index in [0.717, 1.165) is 28.9 Å². The first-order chi connectivity index (χ1) is 15.5. The van der Waals surface area contributed by atoms with Crippen LogP contribution in [0.5, 0.6) is 0 Å². The number of hydrogen-bond donors (Lipinski definition) is 0. The molecular formula is C25H26N4O2S. The van der Waals surface area contributed by atoms with Gasteiger partial charge in [0.25, 0.3) is 0 Å². The van der Waals surface area contributed by atoms with Gasteiger partial charge in [-0.3, -0.25) is 9.59 Å². The summed E-state index contributed by atoms with van der Waals surface area (Å²) in [5, 5.41) is 4.85.